The molecule has 1 fully saturated rings. The summed E-state index contributed by atoms with van der Waals surface area (Å²) in [6.07, 6.45) is -1.91. The molecule has 2 aliphatic heterocycles. The van der Waals surface area contributed by atoms with Gasteiger partial charge in [-0.3, -0.25) is 19.8 Å². The van der Waals surface area contributed by atoms with Crippen LogP contribution in [-0.4, -0.2) is 70.5 Å². The summed E-state index contributed by atoms with van der Waals surface area (Å²) in [6, 6.07) is 13.0. The van der Waals surface area contributed by atoms with Gasteiger partial charge in [0, 0.05) is 37.0 Å². The zero-order valence-electron chi connectivity index (χ0n) is 18.4. The number of benzene rings is 2. The summed E-state index contributed by atoms with van der Waals surface area (Å²) in [7, 11) is 0. The van der Waals surface area contributed by atoms with Crippen molar-refractivity contribution < 1.29 is 32.4 Å². The van der Waals surface area contributed by atoms with Crippen molar-refractivity contribution in [1.82, 2.24) is 25.5 Å². The lowest BCUT2D eigenvalue weighted by Gasteiger charge is -2.36. The van der Waals surface area contributed by atoms with Crippen LogP contribution in [0.15, 0.2) is 67.1 Å². The second kappa shape index (κ2) is 10.1. The summed E-state index contributed by atoms with van der Waals surface area (Å²) in [6.45, 7) is -0.0165. The lowest BCUT2D eigenvalue weighted by atomic mass is 10.1. The Balaban J connectivity index is 1.40. The van der Waals surface area contributed by atoms with E-state index in [4.69, 9.17) is 4.84 Å². The van der Waals surface area contributed by atoms with Crippen molar-refractivity contribution in [2.45, 2.75) is 6.18 Å². The van der Waals surface area contributed by atoms with E-state index in [9.17, 15) is 27.6 Å². The Morgan fingerprint density at radius 3 is 2.17 bits per heavy atom. The second-order valence-corrected chi connectivity index (χ2v) is 7.76. The topological polar surface area (TPSA) is 85.4 Å². The molecule has 9 nitrogen and oxygen atoms in total. The summed E-state index contributed by atoms with van der Waals surface area (Å²) >= 11 is 0. The van der Waals surface area contributed by atoms with Gasteiger partial charge in [-0.1, -0.05) is 30.3 Å². The van der Waals surface area contributed by atoms with Crippen LogP contribution in [0, 0.1) is 0 Å². The molecule has 1 saturated heterocycles. The van der Waals surface area contributed by atoms with E-state index in [1.54, 1.807) is 30.3 Å². The highest BCUT2D eigenvalue weighted by Crippen LogP contribution is 2.32. The predicted octanol–water partition coefficient (Wildman–Crippen LogP) is 2.27. The first kappa shape index (κ1) is 24.1. The number of piperazine rings is 1. The minimum absolute atomic E-state index is 0.0589. The maximum absolute atomic E-state index is 13.3. The first-order valence-electron chi connectivity index (χ1n) is 10.7. The van der Waals surface area contributed by atoms with Crippen molar-refractivity contribution in [3.05, 3.63) is 83.7 Å². The molecule has 0 bridgehead atoms. The minimum Gasteiger partial charge on any atom is -0.373 e. The van der Waals surface area contributed by atoms with Gasteiger partial charge in [0.25, 0.3) is 11.8 Å². The number of halogens is 3. The second-order valence-electron chi connectivity index (χ2n) is 7.76. The van der Waals surface area contributed by atoms with Crippen LogP contribution in [0.4, 0.5) is 13.2 Å². The number of alkyl halides is 3. The van der Waals surface area contributed by atoms with Gasteiger partial charge in [0.15, 0.2) is 0 Å². The summed E-state index contributed by atoms with van der Waals surface area (Å²) in [5.74, 6) is -1.63. The molecular weight excluding hydrogens is 467 g/mol. The van der Waals surface area contributed by atoms with Crippen molar-refractivity contribution in [3.8, 4) is 0 Å². The van der Waals surface area contributed by atoms with Crippen LogP contribution in [0.5, 0.6) is 0 Å². The first-order chi connectivity index (χ1) is 16.8. The number of amides is 3. The third kappa shape index (κ3) is 5.38. The molecule has 184 valence electrons. The monoisotopic (exact) mass is 489 g/mol. The van der Waals surface area contributed by atoms with Crippen LogP contribution < -0.4 is 5.43 Å². The summed E-state index contributed by atoms with van der Waals surface area (Å²) in [4.78, 5) is 46.7. The van der Waals surface area contributed by atoms with Gasteiger partial charge in [-0.05, 0) is 24.3 Å². The number of rotatable bonds is 5. The Labute approximate surface area is 198 Å². The highest BCUT2D eigenvalue weighted by Gasteiger charge is 2.37. The van der Waals surface area contributed by atoms with Crippen LogP contribution in [0.2, 0.25) is 0 Å². The number of carbonyl (C=O) groups excluding carboxylic acids is 3. The molecule has 1 N–H and O–H groups in total. The third-order valence-electron chi connectivity index (χ3n) is 5.56. The molecule has 0 radical (unpaired) electrons. The Bertz CT molecular complexity index is 1110. The van der Waals surface area contributed by atoms with Crippen molar-refractivity contribution in [2.75, 3.05) is 32.7 Å². The fourth-order valence-electron chi connectivity index (χ4n) is 3.76. The molecule has 35 heavy (non-hydrogen) atoms. The summed E-state index contributed by atoms with van der Waals surface area (Å²) < 4.78 is 39.9. The third-order valence-corrected chi connectivity index (χ3v) is 5.56. The number of hydrogen-bond acceptors (Lipinski definition) is 6. The molecule has 2 aromatic rings. The molecule has 0 aliphatic carbocycles. The Morgan fingerprint density at radius 2 is 1.54 bits per heavy atom. The maximum atomic E-state index is 13.3. The van der Waals surface area contributed by atoms with Gasteiger partial charge in [0.2, 0.25) is 5.91 Å². The van der Waals surface area contributed by atoms with Crippen LogP contribution >= 0.6 is 0 Å². The molecule has 0 aromatic heterocycles. The maximum Gasteiger partial charge on any atom is 0.417 e. The number of carbonyl (C=O) groups is 3. The van der Waals surface area contributed by atoms with E-state index in [-0.39, 0.29) is 32.7 Å². The molecule has 4 rings (SSSR count). The lowest BCUT2D eigenvalue weighted by molar-refractivity contribution is -0.238. The average Bonchev–Trinajstić information content (AvgIpc) is 3.41. The number of hydrogen-bond donors (Lipinski definition) is 1. The highest BCUT2D eigenvalue weighted by atomic mass is 19.4. The zero-order valence-corrected chi connectivity index (χ0v) is 18.4. The van der Waals surface area contributed by atoms with E-state index in [0.717, 1.165) is 22.4 Å². The van der Waals surface area contributed by atoms with Gasteiger partial charge in [-0.15, -0.1) is 0 Å². The molecule has 2 aliphatic rings. The zero-order chi connectivity index (χ0) is 25.0. The molecule has 0 atom stereocenters. The van der Waals surface area contributed by atoms with Crippen molar-refractivity contribution >= 4 is 17.7 Å². The Morgan fingerprint density at radius 1 is 0.914 bits per heavy atom. The Kier molecular flexibility index (Phi) is 6.92. The van der Waals surface area contributed by atoms with Crippen LogP contribution in [0.3, 0.4) is 0 Å². The van der Waals surface area contributed by atoms with Crippen LogP contribution in [-0.2, 0) is 15.8 Å². The summed E-state index contributed by atoms with van der Waals surface area (Å²) in [5.41, 5.74) is 1.62. The van der Waals surface area contributed by atoms with E-state index < -0.39 is 35.0 Å². The molecule has 2 heterocycles. The van der Waals surface area contributed by atoms with Gasteiger partial charge in [0.05, 0.1) is 17.3 Å². The Hall–Kier alpha value is -4.06. The molecule has 0 unspecified atom stereocenters. The largest absolute Gasteiger partial charge is 0.417 e. The van der Waals surface area contributed by atoms with E-state index >= 15 is 0 Å². The minimum atomic E-state index is -4.65. The van der Waals surface area contributed by atoms with Crippen molar-refractivity contribution in [3.63, 3.8) is 0 Å². The fraction of sp³-hybridized carbons (Fsp3) is 0.261. The molecule has 12 heteroatoms. The molecule has 0 saturated carbocycles. The van der Waals surface area contributed by atoms with Gasteiger partial charge in [-0.2, -0.15) is 13.2 Å². The molecular formula is C23H22F3N5O4. The molecule has 0 spiro atoms. The van der Waals surface area contributed by atoms with E-state index in [2.05, 4.69) is 5.43 Å². The predicted molar refractivity (Wildman–Crippen MR) is 117 cm³/mol. The molecule has 3 amide bonds. The number of nitrogens with zero attached hydrogens (tertiary/aromatic N) is 4. The smallest absolute Gasteiger partial charge is 0.373 e. The summed E-state index contributed by atoms with van der Waals surface area (Å²) in [5, 5.41) is 2.12. The van der Waals surface area contributed by atoms with Crippen LogP contribution in [0.1, 0.15) is 26.3 Å². The van der Waals surface area contributed by atoms with E-state index in [1.165, 1.54) is 34.4 Å². The van der Waals surface area contributed by atoms with Gasteiger partial charge in [0.1, 0.15) is 12.8 Å². The van der Waals surface area contributed by atoms with Crippen molar-refractivity contribution in [1.29, 1.82) is 0 Å². The van der Waals surface area contributed by atoms with Gasteiger partial charge < -0.3 is 14.6 Å². The standard InChI is InChI=1S/C23H22F3N5O4/c24-23(25,26)19-9-5-4-8-18(19)22(34)29-13-11-28(12-14-29)20(32)16-30(31-27-10-15-35-31)21(33)17-6-2-1-3-7-17/h1-10,15,27H,11-14,16H2. The average molecular weight is 489 g/mol. The first-order valence-corrected chi connectivity index (χ1v) is 10.7. The van der Waals surface area contributed by atoms with E-state index in [0.29, 0.717) is 5.56 Å². The van der Waals surface area contributed by atoms with Crippen molar-refractivity contribution in [2.24, 2.45) is 0 Å². The highest BCUT2D eigenvalue weighted by molar-refractivity contribution is 5.97. The fourth-order valence-corrected chi connectivity index (χ4v) is 3.76. The van der Waals surface area contributed by atoms with E-state index in [1.807, 2.05) is 0 Å². The van der Waals surface area contributed by atoms with Gasteiger partial charge >= 0.3 is 6.18 Å². The van der Waals surface area contributed by atoms with Crippen LogP contribution in [0.25, 0.3) is 0 Å². The van der Waals surface area contributed by atoms with Gasteiger partial charge in [-0.25, -0.2) is 5.01 Å². The quantitative estimate of drug-likeness (QED) is 0.694. The number of nitrogens with one attached hydrogen (secondary N) is 1. The molecule has 2 aromatic carbocycles. The number of hydrazine groups is 2. The lowest BCUT2D eigenvalue weighted by Crippen LogP contribution is -2.56. The normalized spacial score (nSPS) is 16.0. The SMILES string of the molecule is O=C(CN(C(=O)c1ccccc1)N1NC=CO1)N1CCN(C(=O)c2ccccc2C(F)(F)F)CC1.